The smallest absolute Gasteiger partial charge is 0.142 e. The number of rotatable bonds is 4. The van der Waals surface area contributed by atoms with Gasteiger partial charge in [0.25, 0.3) is 0 Å². The Morgan fingerprint density at radius 1 is 1.22 bits per heavy atom. The fourth-order valence-corrected chi connectivity index (χ4v) is 1.89. The van der Waals surface area contributed by atoms with Gasteiger partial charge in [-0.3, -0.25) is 4.98 Å². The molecule has 2 nitrogen and oxygen atoms in total. The number of halogens is 2. The first-order valence-electron chi connectivity index (χ1n) is 5.71. The van der Waals surface area contributed by atoms with Crippen LogP contribution in [0.1, 0.15) is 16.7 Å². The zero-order valence-electron chi connectivity index (χ0n) is 10.1. The highest BCUT2D eigenvalue weighted by Gasteiger charge is 2.05. The van der Waals surface area contributed by atoms with E-state index in [-0.39, 0.29) is 10.8 Å². The van der Waals surface area contributed by atoms with E-state index in [0.29, 0.717) is 13.1 Å². The predicted octanol–water partition coefficient (Wildman–Crippen LogP) is 3.47. The van der Waals surface area contributed by atoms with Crippen LogP contribution in [0.15, 0.2) is 36.7 Å². The van der Waals surface area contributed by atoms with Crippen LogP contribution in [0, 0.1) is 12.7 Å². The number of benzene rings is 1. The highest BCUT2D eigenvalue weighted by atomic mass is 35.5. The summed E-state index contributed by atoms with van der Waals surface area (Å²) in [6, 6.07) is 6.80. The zero-order chi connectivity index (χ0) is 13.0. The van der Waals surface area contributed by atoms with Crippen molar-refractivity contribution in [2.75, 3.05) is 0 Å². The predicted molar refractivity (Wildman–Crippen MR) is 70.9 cm³/mol. The summed E-state index contributed by atoms with van der Waals surface area (Å²) in [4.78, 5) is 4.08. The van der Waals surface area contributed by atoms with Crippen LogP contribution in [0.3, 0.4) is 0 Å². The van der Waals surface area contributed by atoms with Crippen molar-refractivity contribution in [3.8, 4) is 0 Å². The Bertz CT molecular complexity index is 543. The molecule has 1 heterocycles. The Morgan fingerprint density at radius 3 is 2.78 bits per heavy atom. The molecule has 0 bridgehead atoms. The largest absolute Gasteiger partial charge is 0.308 e. The minimum absolute atomic E-state index is 0.188. The van der Waals surface area contributed by atoms with E-state index in [1.54, 1.807) is 12.3 Å². The number of nitrogens with one attached hydrogen (secondary N) is 1. The number of pyridine rings is 1. The maximum Gasteiger partial charge on any atom is 0.142 e. The molecule has 0 radical (unpaired) electrons. The minimum Gasteiger partial charge on any atom is -0.308 e. The van der Waals surface area contributed by atoms with Gasteiger partial charge in [-0.15, -0.1) is 0 Å². The third-order valence-corrected chi connectivity index (χ3v) is 3.23. The van der Waals surface area contributed by atoms with Gasteiger partial charge in [-0.05, 0) is 35.7 Å². The number of nitrogens with zero attached hydrogens (tertiary/aromatic N) is 1. The van der Waals surface area contributed by atoms with Gasteiger partial charge in [-0.25, -0.2) is 4.39 Å². The second kappa shape index (κ2) is 5.94. The van der Waals surface area contributed by atoms with Crippen molar-refractivity contribution >= 4 is 11.6 Å². The lowest BCUT2D eigenvalue weighted by Gasteiger charge is -2.08. The molecule has 0 spiro atoms. The van der Waals surface area contributed by atoms with Crippen LogP contribution >= 0.6 is 11.6 Å². The highest BCUT2D eigenvalue weighted by Crippen LogP contribution is 2.19. The van der Waals surface area contributed by atoms with Gasteiger partial charge < -0.3 is 5.32 Å². The van der Waals surface area contributed by atoms with Gasteiger partial charge in [-0.2, -0.15) is 0 Å². The van der Waals surface area contributed by atoms with Crippen LogP contribution in [0.2, 0.25) is 5.02 Å². The van der Waals surface area contributed by atoms with Gasteiger partial charge in [0.1, 0.15) is 5.82 Å². The minimum atomic E-state index is -0.381. The Balaban J connectivity index is 1.97. The second-order valence-electron chi connectivity index (χ2n) is 4.12. The van der Waals surface area contributed by atoms with E-state index in [9.17, 15) is 4.39 Å². The molecule has 4 heteroatoms. The zero-order valence-corrected chi connectivity index (χ0v) is 10.8. The molecular formula is C14H14ClFN2. The lowest BCUT2D eigenvalue weighted by molar-refractivity contribution is 0.620. The molecule has 1 aromatic carbocycles. The standard InChI is InChI=1S/C14H14ClFN2/c1-10-5-6-17-8-12(10)9-18-7-11-3-2-4-13(16)14(11)15/h2-6,8,18H,7,9H2,1H3. The van der Waals surface area contributed by atoms with Crippen molar-refractivity contribution in [2.24, 2.45) is 0 Å². The molecule has 0 saturated carbocycles. The summed E-state index contributed by atoms with van der Waals surface area (Å²) in [6.07, 6.45) is 3.60. The molecule has 94 valence electrons. The third kappa shape index (κ3) is 3.06. The van der Waals surface area contributed by atoms with Gasteiger partial charge in [0.2, 0.25) is 0 Å². The maximum absolute atomic E-state index is 13.2. The van der Waals surface area contributed by atoms with E-state index >= 15 is 0 Å². The summed E-state index contributed by atoms with van der Waals surface area (Å²) in [5, 5.41) is 3.42. The molecule has 0 atom stereocenters. The second-order valence-corrected chi connectivity index (χ2v) is 4.50. The van der Waals surface area contributed by atoms with Gasteiger partial charge in [0.15, 0.2) is 0 Å². The number of aryl methyl sites for hydroxylation is 1. The molecule has 18 heavy (non-hydrogen) atoms. The highest BCUT2D eigenvalue weighted by molar-refractivity contribution is 6.31. The summed E-state index contributed by atoms with van der Waals surface area (Å²) in [7, 11) is 0. The maximum atomic E-state index is 13.2. The Morgan fingerprint density at radius 2 is 2.00 bits per heavy atom. The summed E-state index contributed by atoms with van der Waals surface area (Å²) >= 11 is 5.88. The average Bonchev–Trinajstić information content (AvgIpc) is 2.37. The van der Waals surface area contributed by atoms with E-state index < -0.39 is 0 Å². The van der Waals surface area contributed by atoms with E-state index in [0.717, 1.165) is 11.1 Å². The molecular weight excluding hydrogens is 251 g/mol. The Kier molecular flexibility index (Phi) is 4.28. The molecule has 0 aliphatic carbocycles. The Labute approximate surface area is 111 Å². The lowest BCUT2D eigenvalue weighted by Crippen LogP contribution is -2.14. The van der Waals surface area contributed by atoms with E-state index in [1.807, 2.05) is 25.3 Å². The van der Waals surface area contributed by atoms with Gasteiger partial charge >= 0.3 is 0 Å². The quantitative estimate of drug-likeness (QED) is 0.915. The summed E-state index contributed by atoms with van der Waals surface area (Å²) in [6.45, 7) is 3.26. The summed E-state index contributed by atoms with van der Waals surface area (Å²) in [5.74, 6) is -0.381. The normalized spacial score (nSPS) is 10.6. The van der Waals surface area contributed by atoms with Crippen LogP contribution < -0.4 is 5.32 Å². The van der Waals surface area contributed by atoms with E-state index in [1.165, 1.54) is 11.6 Å². The number of hydrogen-bond donors (Lipinski definition) is 1. The summed E-state index contributed by atoms with van der Waals surface area (Å²) in [5.41, 5.74) is 3.08. The van der Waals surface area contributed by atoms with Crippen LogP contribution in [0.4, 0.5) is 4.39 Å². The first-order chi connectivity index (χ1) is 8.68. The molecule has 1 N–H and O–H groups in total. The van der Waals surface area contributed by atoms with Gasteiger partial charge in [-0.1, -0.05) is 23.7 Å². The SMILES string of the molecule is Cc1ccncc1CNCc1cccc(F)c1Cl. The molecule has 1 aromatic heterocycles. The monoisotopic (exact) mass is 264 g/mol. The van der Waals surface area contributed by atoms with Crippen molar-refractivity contribution in [1.82, 2.24) is 10.3 Å². The fraction of sp³-hybridized carbons (Fsp3) is 0.214. The molecule has 0 amide bonds. The molecule has 0 aliphatic rings. The van der Waals surface area contributed by atoms with Crippen LogP contribution in [0.25, 0.3) is 0 Å². The van der Waals surface area contributed by atoms with Crippen LogP contribution in [-0.4, -0.2) is 4.98 Å². The molecule has 2 rings (SSSR count). The van der Waals surface area contributed by atoms with Crippen molar-refractivity contribution in [3.05, 3.63) is 64.2 Å². The molecule has 0 saturated heterocycles. The first-order valence-corrected chi connectivity index (χ1v) is 6.09. The molecule has 2 aromatic rings. The van der Waals surface area contributed by atoms with Crippen molar-refractivity contribution < 1.29 is 4.39 Å². The van der Waals surface area contributed by atoms with Gasteiger partial charge in [0, 0.05) is 25.5 Å². The topological polar surface area (TPSA) is 24.9 Å². The van der Waals surface area contributed by atoms with E-state index in [2.05, 4.69) is 10.3 Å². The molecule has 0 fully saturated rings. The first kappa shape index (κ1) is 13.0. The van der Waals surface area contributed by atoms with Crippen molar-refractivity contribution in [3.63, 3.8) is 0 Å². The molecule has 0 aliphatic heterocycles. The molecule has 0 unspecified atom stereocenters. The van der Waals surface area contributed by atoms with E-state index in [4.69, 9.17) is 11.6 Å². The number of hydrogen-bond acceptors (Lipinski definition) is 2. The average molecular weight is 265 g/mol. The third-order valence-electron chi connectivity index (χ3n) is 2.81. The Hall–Kier alpha value is -1.45. The lowest BCUT2D eigenvalue weighted by atomic mass is 10.1. The van der Waals surface area contributed by atoms with Crippen molar-refractivity contribution in [1.29, 1.82) is 0 Å². The van der Waals surface area contributed by atoms with Crippen LogP contribution in [0.5, 0.6) is 0 Å². The fourth-order valence-electron chi connectivity index (χ4n) is 1.70. The summed E-state index contributed by atoms with van der Waals surface area (Å²) < 4.78 is 13.2. The van der Waals surface area contributed by atoms with Crippen LogP contribution in [-0.2, 0) is 13.1 Å². The van der Waals surface area contributed by atoms with Gasteiger partial charge in [0.05, 0.1) is 5.02 Å². The number of aromatic nitrogens is 1. The van der Waals surface area contributed by atoms with Crippen molar-refractivity contribution in [2.45, 2.75) is 20.0 Å².